The molecule has 1 saturated heterocycles. The molecule has 1 aromatic rings. The highest BCUT2D eigenvalue weighted by molar-refractivity contribution is 6.38. The number of allylic oxidation sites excluding steroid dienone is 3. The molecule has 1 aromatic carbocycles. The number of amides is 1. The third kappa shape index (κ3) is 5.12. The molecule has 3 aliphatic heterocycles. The number of amidine groups is 1. The van der Waals surface area contributed by atoms with E-state index in [4.69, 9.17) is 37.4 Å². The van der Waals surface area contributed by atoms with E-state index in [0.717, 1.165) is 11.5 Å². The first kappa shape index (κ1) is 26.9. The third-order valence-electron chi connectivity index (χ3n) is 6.49. The second-order valence-corrected chi connectivity index (χ2v) is 9.63. The number of halogens is 2. The van der Waals surface area contributed by atoms with Gasteiger partial charge in [0.1, 0.15) is 42.8 Å². The van der Waals surface area contributed by atoms with Crippen molar-refractivity contribution < 1.29 is 34.3 Å². The van der Waals surface area contributed by atoms with Crippen molar-refractivity contribution in [2.24, 2.45) is 4.99 Å². The van der Waals surface area contributed by atoms with Crippen LogP contribution in [0.25, 0.3) is 0 Å². The molecular weight excluding hydrogens is 513 g/mol. The van der Waals surface area contributed by atoms with Crippen LogP contribution >= 0.6 is 23.2 Å². The van der Waals surface area contributed by atoms with Gasteiger partial charge >= 0.3 is 0 Å². The molecular formula is C24H29Cl2N3O7. The van der Waals surface area contributed by atoms with Gasteiger partial charge in [0.05, 0.1) is 23.2 Å². The molecule has 4 N–H and O–H groups in total. The quantitative estimate of drug-likeness (QED) is 0.407. The predicted octanol–water partition coefficient (Wildman–Crippen LogP) is 1.42. The molecule has 0 radical (unpaired) electrons. The van der Waals surface area contributed by atoms with Gasteiger partial charge in [-0.05, 0) is 37.6 Å². The van der Waals surface area contributed by atoms with Gasteiger partial charge in [0, 0.05) is 18.4 Å². The first-order chi connectivity index (χ1) is 17.2. The van der Waals surface area contributed by atoms with E-state index in [-0.39, 0.29) is 34.0 Å². The number of methoxy groups -OCH3 is 1. The molecule has 6 atom stereocenters. The van der Waals surface area contributed by atoms with Crippen LogP contribution in [0.5, 0.6) is 5.75 Å². The number of aliphatic hydroxyl groups is 3. The number of rotatable bonds is 7. The summed E-state index contributed by atoms with van der Waals surface area (Å²) in [6, 6.07) is 0.201. The molecule has 1 fully saturated rings. The number of benzene rings is 1. The van der Waals surface area contributed by atoms with E-state index in [2.05, 4.69) is 15.2 Å². The number of aliphatic imine (C=N–C) groups is 1. The van der Waals surface area contributed by atoms with Gasteiger partial charge in [0.15, 0.2) is 12.0 Å². The van der Waals surface area contributed by atoms with Crippen LogP contribution in [-0.4, -0.2) is 95.5 Å². The van der Waals surface area contributed by atoms with Gasteiger partial charge < -0.3 is 39.7 Å². The number of aliphatic hydroxyl groups excluding tert-OH is 3. The lowest BCUT2D eigenvalue weighted by molar-refractivity contribution is -0.261. The molecule has 3 heterocycles. The van der Waals surface area contributed by atoms with Gasteiger partial charge in [0.25, 0.3) is 5.91 Å². The average molecular weight is 542 g/mol. The first-order valence-corrected chi connectivity index (χ1v) is 12.2. The van der Waals surface area contributed by atoms with E-state index in [1.54, 1.807) is 6.92 Å². The maximum Gasteiger partial charge on any atom is 0.252 e. The van der Waals surface area contributed by atoms with Crippen LogP contribution in [0, 0.1) is 6.92 Å². The fourth-order valence-corrected chi connectivity index (χ4v) is 4.99. The maximum absolute atomic E-state index is 13.1. The number of hydrogen-bond acceptors (Lipinski definition) is 9. The Kier molecular flexibility index (Phi) is 8.25. The molecule has 196 valence electrons. The van der Waals surface area contributed by atoms with Crippen LogP contribution in [0.3, 0.4) is 0 Å². The van der Waals surface area contributed by atoms with E-state index in [9.17, 15) is 20.1 Å². The van der Waals surface area contributed by atoms with E-state index >= 15 is 0 Å². The molecule has 1 unspecified atom stereocenters. The van der Waals surface area contributed by atoms with Crippen LogP contribution in [-0.2, 0) is 9.47 Å². The zero-order valence-electron chi connectivity index (χ0n) is 20.0. The lowest BCUT2D eigenvalue weighted by Crippen LogP contribution is -2.64. The van der Waals surface area contributed by atoms with Crippen molar-refractivity contribution in [1.29, 1.82) is 0 Å². The number of nitrogens with zero attached hydrogens (tertiary/aromatic N) is 2. The first-order valence-electron chi connectivity index (χ1n) is 11.4. The molecule has 0 spiro atoms. The van der Waals surface area contributed by atoms with E-state index in [0.29, 0.717) is 12.1 Å². The molecule has 1 amide bonds. The minimum atomic E-state index is -1.44. The highest BCUT2D eigenvalue weighted by Crippen LogP contribution is 2.38. The Bertz CT molecular complexity index is 1110. The second-order valence-electron chi connectivity index (χ2n) is 8.85. The fraction of sp³-hybridized carbons (Fsp3) is 0.500. The van der Waals surface area contributed by atoms with Gasteiger partial charge in [0.2, 0.25) is 0 Å². The number of ether oxygens (including phenoxy) is 3. The molecule has 36 heavy (non-hydrogen) atoms. The van der Waals surface area contributed by atoms with Crippen LogP contribution < -0.4 is 10.1 Å². The topological polar surface area (TPSA) is 133 Å². The second kappa shape index (κ2) is 11.1. The summed E-state index contributed by atoms with van der Waals surface area (Å²) in [4.78, 5) is 19.9. The van der Waals surface area contributed by atoms with Crippen molar-refractivity contribution in [3.63, 3.8) is 0 Å². The summed E-state index contributed by atoms with van der Waals surface area (Å²) in [6.07, 6.45) is 0.886. The largest absolute Gasteiger partial charge is 0.488 e. The number of carbonyl (C=O) groups excluding carboxylic acids is 1. The summed E-state index contributed by atoms with van der Waals surface area (Å²) in [7, 11) is 1.32. The fourth-order valence-electron chi connectivity index (χ4n) is 4.42. The molecule has 3 aliphatic rings. The van der Waals surface area contributed by atoms with Gasteiger partial charge in [-0.2, -0.15) is 0 Å². The number of carbonyl (C=O) groups is 1. The molecule has 0 saturated carbocycles. The van der Waals surface area contributed by atoms with Crippen molar-refractivity contribution >= 4 is 34.9 Å². The minimum Gasteiger partial charge on any atom is -0.488 e. The van der Waals surface area contributed by atoms with Gasteiger partial charge in [-0.15, -0.1) is 0 Å². The number of fused-ring (bicyclic) bond motifs is 1. The smallest absolute Gasteiger partial charge is 0.252 e. The van der Waals surface area contributed by atoms with Crippen LogP contribution in [0.2, 0.25) is 10.0 Å². The zero-order chi connectivity index (χ0) is 26.1. The van der Waals surface area contributed by atoms with E-state index in [1.807, 2.05) is 25.2 Å². The average Bonchev–Trinajstić information content (AvgIpc) is 3.29. The van der Waals surface area contributed by atoms with Crippen molar-refractivity contribution in [3.05, 3.63) is 51.2 Å². The van der Waals surface area contributed by atoms with Crippen molar-refractivity contribution in [1.82, 2.24) is 10.2 Å². The standard InChI is InChI=1S/C24H29Cl2N3O7/c1-11-5-4-6-17-27-13(8-29(11)17)10-35-22-15(25)7-14(12(2)18(22)26)23(33)28-19-21(32)20(31)16(9-30)36-24(19)34-3/h4-7,13,16,19-21,24,30-32H,8-10H2,1-3H3,(H,28,33)/t13?,16-,19-,20-,21-,24+/m1/s1. The monoisotopic (exact) mass is 541 g/mol. The summed E-state index contributed by atoms with van der Waals surface area (Å²) >= 11 is 13.0. The van der Waals surface area contributed by atoms with Gasteiger partial charge in [-0.1, -0.05) is 29.3 Å². The molecule has 12 heteroatoms. The minimum absolute atomic E-state index is 0.116. The molecule has 0 aliphatic carbocycles. The van der Waals surface area contributed by atoms with E-state index in [1.165, 1.54) is 13.2 Å². The highest BCUT2D eigenvalue weighted by Gasteiger charge is 2.45. The van der Waals surface area contributed by atoms with Crippen molar-refractivity contribution in [2.75, 3.05) is 26.9 Å². The SMILES string of the molecule is CO[C@H]1O[C@H](CO)[C@@H](O)[C@H](O)[C@H]1NC(=O)c1cc(Cl)c(OCC2CN3C(C)=CC=CC3=N2)c(Cl)c1C. The van der Waals surface area contributed by atoms with Crippen LogP contribution in [0.1, 0.15) is 22.8 Å². The van der Waals surface area contributed by atoms with Gasteiger partial charge in [-0.25, -0.2) is 0 Å². The molecule has 0 aromatic heterocycles. The zero-order valence-corrected chi connectivity index (χ0v) is 21.5. The highest BCUT2D eigenvalue weighted by atomic mass is 35.5. The Morgan fingerprint density at radius 2 is 2.06 bits per heavy atom. The molecule has 10 nitrogen and oxygen atoms in total. The Morgan fingerprint density at radius 1 is 1.31 bits per heavy atom. The third-order valence-corrected chi connectivity index (χ3v) is 7.23. The summed E-state index contributed by atoms with van der Waals surface area (Å²) in [6.45, 7) is 4.06. The van der Waals surface area contributed by atoms with E-state index < -0.39 is 43.2 Å². The summed E-state index contributed by atoms with van der Waals surface area (Å²) in [5, 5.41) is 33.0. The lowest BCUT2D eigenvalue weighted by atomic mass is 9.96. The predicted molar refractivity (Wildman–Crippen MR) is 134 cm³/mol. The van der Waals surface area contributed by atoms with Crippen LogP contribution in [0.4, 0.5) is 0 Å². The normalized spacial score (nSPS) is 29.5. The van der Waals surface area contributed by atoms with Crippen molar-refractivity contribution in [3.8, 4) is 5.75 Å². The Hall–Kier alpha value is -2.18. The summed E-state index contributed by atoms with van der Waals surface area (Å²) in [5.74, 6) is 0.514. The Balaban J connectivity index is 1.47. The Morgan fingerprint density at radius 3 is 2.72 bits per heavy atom. The lowest BCUT2D eigenvalue weighted by Gasteiger charge is -2.41. The van der Waals surface area contributed by atoms with Crippen LogP contribution in [0.15, 0.2) is 35.0 Å². The maximum atomic E-state index is 13.1. The number of hydrogen-bond donors (Lipinski definition) is 4. The molecule has 4 rings (SSSR count). The van der Waals surface area contributed by atoms with Gasteiger partial charge in [-0.3, -0.25) is 9.79 Å². The summed E-state index contributed by atoms with van der Waals surface area (Å²) in [5.41, 5.74) is 1.67. The van der Waals surface area contributed by atoms with Crippen molar-refractivity contribution in [2.45, 2.75) is 50.5 Å². The molecule has 0 bridgehead atoms. The Labute approximate surface area is 218 Å². The summed E-state index contributed by atoms with van der Waals surface area (Å²) < 4.78 is 16.6. The number of nitrogens with one attached hydrogen (secondary N) is 1.